The number of pyridine rings is 1. The molecule has 0 spiro atoms. The van der Waals surface area contributed by atoms with Crippen LogP contribution >= 0.6 is 0 Å². The summed E-state index contributed by atoms with van der Waals surface area (Å²) in [6, 6.07) is 10.5. The normalized spacial score (nSPS) is 20.1. The van der Waals surface area contributed by atoms with Crippen molar-refractivity contribution >= 4 is 16.6 Å². The number of quaternary nitrogens is 1. The zero-order valence-electron chi connectivity index (χ0n) is 21.9. The number of para-hydroxylation sites is 1. The first-order chi connectivity index (χ1) is 16.3. The van der Waals surface area contributed by atoms with Crippen LogP contribution in [0.4, 0.5) is 0 Å². The highest BCUT2D eigenvalue weighted by Crippen LogP contribution is 2.38. The van der Waals surface area contributed by atoms with Crippen molar-refractivity contribution in [2.24, 2.45) is 11.1 Å². The summed E-state index contributed by atoms with van der Waals surface area (Å²) in [6.45, 7) is 12.3. The lowest BCUT2D eigenvalue weighted by molar-refractivity contribution is -0.741. The first-order valence-corrected chi connectivity index (χ1v) is 12.6. The van der Waals surface area contributed by atoms with Crippen molar-refractivity contribution in [1.82, 2.24) is 4.98 Å². The average molecular weight is 461 g/mol. The van der Waals surface area contributed by atoms with E-state index in [1.165, 1.54) is 17.0 Å². The minimum Gasteiger partial charge on any atom is -0.491 e. The van der Waals surface area contributed by atoms with Gasteiger partial charge in [-0.25, -0.2) is 9.47 Å². The maximum atomic E-state index is 6.33. The third-order valence-electron chi connectivity index (χ3n) is 6.71. The molecule has 1 unspecified atom stereocenters. The van der Waals surface area contributed by atoms with Crippen LogP contribution in [0, 0.1) is 5.41 Å². The molecule has 182 valence electrons. The highest BCUT2D eigenvalue weighted by molar-refractivity contribution is 5.86. The SMILES string of the molecule is CCCC=C1C=CC=C[N+]1(C)C(=C(C)CC)c1ccc2cccc(OCC(C)(C)CCN)c2n1. The van der Waals surface area contributed by atoms with E-state index in [-0.39, 0.29) is 5.41 Å². The third kappa shape index (κ3) is 5.68. The topological polar surface area (TPSA) is 48.1 Å². The lowest BCUT2D eigenvalue weighted by atomic mass is 9.91. The van der Waals surface area contributed by atoms with Gasteiger partial charge in [0.2, 0.25) is 0 Å². The molecule has 1 atom stereocenters. The molecule has 0 amide bonds. The average Bonchev–Trinajstić information content (AvgIpc) is 2.82. The first-order valence-electron chi connectivity index (χ1n) is 12.6. The molecule has 0 aliphatic carbocycles. The Balaban J connectivity index is 2.11. The van der Waals surface area contributed by atoms with Crippen LogP contribution in [0.1, 0.15) is 66.0 Å². The summed E-state index contributed by atoms with van der Waals surface area (Å²) in [5.74, 6) is 0.830. The summed E-state index contributed by atoms with van der Waals surface area (Å²) in [5.41, 5.74) is 11.6. The van der Waals surface area contributed by atoms with Crippen LogP contribution in [-0.2, 0) is 0 Å². The number of aromatic nitrogens is 1. The summed E-state index contributed by atoms with van der Waals surface area (Å²) >= 11 is 0. The third-order valence-corrected chi connectivity index (χ3v) is 6.71. The molecule has 0 bridgehead atoms. The summed E-state index contributed by atoms with van der Waals surface area (Å²) in [4.78, 5) is 5.22. The van der Waals surface area contributed by atoms with Gasteiger partial charge in [0.05, 0.1) is 13.7 Å². The highest BCUT2D eigenvalue weighted by atomic mass is 16.5. The largest absolute Gasteiger partial charge is 0.491 e. The molecular weight excluding hydrogens is 418 g/mol. The van der Waals surface area contributed by atoms with E-state index in [2.05, 4.69) is 90.4 Å². The van der Waals surface area contributed by atoms with Gasteiger partial charge in [-0.3, -0.25) is 0 Å². The van der Waals surface area contributed by atoms with E-state index in [9.17, 15) is 0 Å². The van der Waals surface area contributed by atoms with E-state index < -0.39 is 0 Å². The summed E-state index contributed by atoms with van der Waals surface area (Å²) in [7, 11) is 2.26. The van der Waals surface area contributed by atoms with Crippen molar-refractivity contribution in [3.05, 3.63) is 77.8 Å². The number of rotatable bonds is 10. The first kappa shape index (κ1) is 25.9. The Hall–Kier alpha value is -2.69. The van der Waals surface area contributed by atoms with E-state index in [1.54, 1.807) is 0 Å². The number of nitrogens with two attached hydrogens (primary N) is 1. The van der Waals surface area contributed by atoms with Crippen LogP contribution in [0.5, 0.6) is 5.75 Å². The number of fused-ring (bicyclic) bond motifs is 1. The van der Waals surface area contributed by atoms with Crippen molar-refractivity contribution < 1.29 is 9.22 Å². The Kier molecular flexibility index (Phi) is 8.51. The fraction of sp³-hybridized carbons (Fsp3) is 0.433. The Labute approximate surface area is 206 Å². The standard InChI is InChI=1S/C30H42N3O/c1-7-9-14-25-15-10-11-21-33(25,6)29(23(3)8-2)26-18-17-24-13-12-16-27(28(24)32-26)34-22-30(4,5)19-20-31/h10-18,21H,7-9,19-20,22,31H2,1-6H3/q+1. The molecule has 1 aliphatic heterocycles. The number of allylic oxidation sites excluding steroid dienone is 5. The number of hydrogen-bond donors (Lipinski definition) is 1. The monoisotopic (exact) mass is 460 g/mol. The zero-order valence-corrected chi connectivity index (χ0v) is 21.9. The highest BCUT2D eigenvalue weighted by Gasteiger charge is 2.34. The quantitative estimate of drug-likeness (QED) is 0.377. The van der Waals surface area contributed by atoms with Gasteiger partial charge in [-0.1, -0.05) is 58.4 Å². The van der Waals surface area contributed by atoms with E-state index in [4.69, 9.17) is 15.5 Å². The van der Waals surface area contributed by atoms with Gasteiger partial charge in [-0.15, -0.1) is 0 Å². The van der Waals surface area contributed by atoms with Crippen molar-refractivity contribution in [1.29, 1.82) is 0 Å². The van der Waals surface area contributed by atoms with E-state index >= 15 is 0 Å². The van der Waals surface area contributed by atoms with Crippen LogP contribution < -0.4 is 10.5 Å². The smallest absolute Gasteiger partial charge is 0.167 e. The molecule has 4 nitrogen and oxygen atoms in total. The van der Waals surface area contributed by atoms with Gasteiger partial charge in [-0.05, 0) is 68.7 Å². The van der Waals surface area contributed by atoms with Crippen molar-refractivity contribution in [2.75, 3.05) is 20.2 Å². The van der Waals surface area contributed by atoms with E-state index in [0.717, 1.165) is 48.0 Å². The van der Waals surface area contributed by atoms with Crippen LogP contribution in [0.2, 0.25) is 0 Å². The van der Waals surface area contributed by atoms with Crippen LogP contribution in [0.25, 0.3) is 16.6 Å². The second kappa shape index (κ2) is 11.2. The van der Waals surface area contributed by atoms with E-state index in [0.29, 0.717) is 17.6 Å². The van der Waals surface area contributed by atoms with Crippen molar-refractivity contribution in [3.8, 4) is 5.75 Å². The molecule has 0 saturated carbocycles. The maximum Gasteiger partial charge on any atom is 0.167 e. The van der Waals surface area contributed by atoms with Gasteiger partial charge >= 0.3 is 0 Å². The predicted octanol–water partition coefficient (Wildman–Crippen LogP) is 7.34. The lowest BCUT2D eigenvalue weighted by Crippen LogP contribution is -2.37. The summed E-state index contributed by atoms with van der Waals surface area (Å²) in [6.07, 6.45) is 15.2. The maximum absolute atomic E-state index is 6.33. The van der Waals surface area contributed by atoms with Gasteiger partial charge in [-0.2, -0.15) is 0 Å². The molecule has 1 aliphatic rings. The van der Waals surface area contributed by atoms with Gasteiger partial charge in [0, 0.05) is 10.8 Å². The summed E-state index contributed by atoms with van der Waals surface area (Å²) < 4.78 is 6.94. The van der Waals surface area contributed by atoms with Crippen molar-refractivity contribution in [2.45, 2.75) is 60.3 Å². The molecule has 4 heteroatoms. The van der Waals surface area contributed by atoms with Gasteiger partial charge < -0.3 is 10.5 Å². The summed E-state index contributed by atoms with van der Waals surface area (Å²) in [5, 5.41) is 1.09. The molecule has 0 saturated heterocycles. The second-order valence-corrected chi connectivity index (χ2v) is 10.2. The Morgan fingerprint density at radius 1 is 1.15 bits per heavy atom. The molecule has 0 radical (unpaired) electrons. The fourth-order valence-corrected chi connectivity index (χ4v) is 4.50. The van der Waals surface area contributed by atoms with E-state index in [1.807, 2.05) is 12.1 Å². The molecule has 34 heavy (non-hydrogen) atoms. The Morgan fingerprint density at radius 3 is 2.65 bits per heavy atom. The second-order valence-electron chi connectivity index (χ2n) is 10.2. The molecule has 1 aromatic carbocycles. The van der Waals surface area contributed by atoms with Gasteiger partial charge in [0.25, 0.3) is 0 Å². The number of benzene rings is 1. The molecular formula is C30H42N3O+. The zero-order chi connectivity index (χ0) is 24.8. The molecule has 0 fully saturated rings. The van der Waals surface area contributed by atoms with Crippen molar-refractivity contribution in [3.63, 3.8) is 0 Å². The predicted molar refractivity (Wildman–Crippen MR) is 145 cm³/mol. The number of unbranched alkanes of at least 4 members (excludes halogenated alkanes) is 1. The molecule has 1 aromatic heterocycles. The van der Waals surface area contributed by atoms with Gasteiger partial charge in [0.15, 0.2) is 5.70 Å². The van der Waals surface area contributed by atoms with Gasteiger partial charge in [0.1, 0.15) is 28.9 Å². The van der Waals surface area contributed by atoms with Crippen LogP contribution in [-0.4, -0.2) is 29.7 Å². The lowest BCUT2D eigenvalue weighted by Gasteiger charge is -2.35. The minimum absolute atomic E-state index is 0.0148. The fourth-order valence-electron chi connectivity index (χ4n) is 4.50. The number of ether oxygens (including phenoxy) is 1. The number of hydrogen-bond acceptors (Lipinski definition) is 3. The number of likely N-dealkylation sites (N-methyl/N-ethyl adjacent to an activating group) is 1. The van der Waals surface area contributed by atoms with Crippen LogP contribution in [0.15, 0.2) is 72.1 Å². The molecule has 2 heterocycles. The molecule has 2 aromatic rings. The Morgan fingerprint density at radius 2 is 1.94 bits per heavy atom. The molecule has 2 N–H and O–H groups in total. The van der Waals surface area contributed by atoms with Crippen LogP contribution in [0.3, 0.4) is 0 Å². The minimum atomic E-state index is 0.0148. The molecule has 3 rings (SSSR count). The Bertz CT molecular complexity index is 1120. The number of nitrogens with zero attached hydrogens (tertiary/aromatic N) is 2.